The quantitative estimate of drug-likeness (QED) is 0.841. The summed E-state index contributed by atoms with van der Waals surface area (Å²) in [4.78, 5) is 12.3. The molecule has 1 aliphatic rings. The number of carbonyl (C=O) groups is 1. The number of carbonyl (C=O) groups excluding carboxylic acids is 1. The Balaban J connectivity index is 2.01. The maximum atomic E-state index is 12.3. The summed E-state index contributed by atoms with van der Waals surface area (Å²) in [6.07, 6.45) is 2.46. The van der Waals surface area contributed by atoms with Crippen molar-refractivity contribution in [2.75, 3.05) is 5.75 Å². The van der Waals surface area contributed by atoms with Gasteiger partial charge in [0.1, 0.15) is 0 Å². The van der Waals surface area contributed by atoms with E-state index >= 15 is 0 Å². The van der Waals surface area contributed by atoms with Crippen molar-refractivity contribution in [2.24, 2.45) is 17.8 Å². The summed E-state index contributed by atoms with van der Waals surface area (Å²) in [6.45, 7) is 3.89. The molecule has 4 nitrogen and oxygen atoms in total. The van der Waals surface area contributed by atoms with Crippen molar-refractivity contribution in [1.82, 2.24) is 4.72 Å². The van der Waals surface area contributed by atoms with Crippen LogP contribution in [0.2, 0.25) is 0 Å². The first-order valence-corrected chi connectivity index (χ1v) is 9.11. The molecule has 5 heteroatoms. The zero-order valence-electron chi connectivity index (χ0n) is 12.6. The van der Waals surface area contributed by atoms with Crippen molar-refractivity contribution in [2.45, 2.75) is 33.1 Å². The van der Waals surface area contributed by atoms with Crippen LogP contribution < -0.4 is 4.72 Å². The molecule has 0 unspecified atom stereocenters. The summed E-state index contributed by atoms with van der Waals surface area (Å²) < 4.78 is 26.1. The van der Waals surface area contributed by atoms with Gasteiger partial charge in [-0.2, -0.15) is 0 Å². The molecule has 116 valence electrons. The van der Waals surface area contributed by atoms with Gasteiger partial charge in [0.05, 0.1) is 5.75 Å². The van der Waals surface area contributed by atoms with Crippen LogP contribution in [-0.2, 0) is 21.2 Å². The first kappa shape index (κ1) is 16.0. The second-order valence-electron chi connectivity index (χ2n) is 6.23. The van der Waals surface area contributed by atoms with Crippen LogP contribution in [0.25, 0.3) is 0 Å². The van der Waals surface area contributed by atoms with Crippen molar-refractivity contribution < 1.29 is 13.2 Å². The molecule has 1 aromatic carbocycles. The molecule has 2 rings (SSSR count). The molecular weight excluding hydrogens is 286 g/mol. The molecule has 0 aliphatic heterocycles. The van der Waals surface area contributed by atoms with E-state index in [1.165, 1.54) is 0 Å². The first-order valence-electron chi connectivity index (χ1n) is 7.45. The van der Waals surface area contributed by atoms with Crippen molar-refractivity contribution in [1.29, 1.82) is 0 Å². The molecule has 0 saturated heterocycles. The smallest absolute Gasteiger partial charge is 0.237 e. The summed E-state index contributed by atoms with van der Waals surface area (Å²) in [5.74, 6) is -0.311. The lowest BCUT2D eigenvalue weighted by Gasteiger charge is -2.20. The van der Waals surface area contributed by atoms with Crippen LogP contribution in [0.1, 0.15) is 32.3 Å². The Morgan fingerprint density at radius 2 is 1.86 bits per heavy atom. The zero-order chi connectivity index (χ0) is 15.5. The van der Waals surface area contributed by atoms with Gasteiger partial charge in [0.15, 0.2) is 0 Å². The van der Waals surface area contributed by atoms with Gasteiger partial charge in [-0.25, -0.2) is 8.42 Å². The molecule has 1 amide bonds. The van der Waals surface area contributed by atoms with E-state index in [9.17, 15) is 13.2 Å². The van der Waals surface area contributed by atoms with Gasteiger partial charge < -0.3 is 0 Å². The SMILES string of the molecule is CC(C)[C@@H](Cc1ccccc1)C(=O)NS(=O)(=O)CC1CC1. The molecule has 1 fully saturated rings. The lowest BCUT2D eigenvalue weighted by atomic mass is 9.89. The van der Waals surface area contributed by atoms with Crippen LogP contribution in [0.15, 0.2) is 30.3 Å². The van der Waals surface area contributed by atoms with E-state index in [1.54, 1.807) is 0 Å². The Kier molecular flexibility index (Phi) is 5.04. The second-order valence-corrected chi connectivity index (χ2v) is 8.00. The van der Waals surface area contributed by atoms with E-state index in [-0.39, 0.29) is 29.4 Å². The number of nitrogens with one attached hydrogen (secondary N) is 1. The van der Waals surface area contributed by atoms with E-state index in [0.29, 0.717) is 6.42 Å². The molecular formula is C16H23NO3S. The third-order valence-corrected chi connectivity index (χ3v) is 5.27. The highest BCUT2D eigenvalue weighted by Crippen LogP contribution is 2.30. The minimum Gasteiger partial charge on any atom is -0.274 e. The van der Waals surface area contributed by atoms with Gasteiger partial charge in [-0.15, -0.1) is 0 Å². The maximum absolute atomic E-state index is 12.3. The molecule has 1 saturated carbocycles. The molecule has 0 spiro atoms. The predicted octanol–water partition coefficient (Wildman–Crippen LogP) is 2.36. The number of rotatable bonds is 7. The lowest BCUT2D eigenvalue weighted by molar-refractivity contribution is -0.124. The summed E-state index contributed by atoms with van der Waals surface area (Å²) in [5.41, 5.74) is 1.05. The number of benzene rings is 1. The Morgan fingerprint density at radius 3 is 2.38 bits per heavy atom. The standard InChI is InChI=1S/C16H23NO3S/c1-12(2)15(10-13-6-4-3-5-7-13)16(18)17-21(19,20)11-14-8-9-14/h3-7,12,14-15H,8-11H2,1-2H3,(H,17,18)/t15-/m1/s1. The molecule has 1 atom stereocenters. The van der Waals surface area contributed by atoms with Gasteiger partial charge in [0.25, 0.3) is 0 Å². The summed E-state index contributed by atoms with van der Waals surface area (Å²) in [5, 5.41) is 0. The molecule has 0 radical (unpaired) electrons. The molecule has 0 aromatic heterocycles. The highest BCUT2D eigenvalue weighted by molar-refractivity contribution is 7.90. The molecule has 0 bridgehead atoms. The Bertz CT molecular complexity index is 577. The average molecular weight is 309 g/mol. The third kappa shape index (κ3) is 5.16. The summed E-state index contributed by atoms with van der Waals surface area (Å²) in [7, 11) is -3.49. The van der Waals surface area contributed by atoms with Crippen molar-refractivity contribution >= 4 is 15.9 Å². The van der Waals surface area contributed by atoms with Crippen LogP contribution in [0.5, 0.6) is 0 Å². The Hall–Kier alpha value is -1.36. The minimum absolute atomic E-state index is 0.0783. The van der Waals surface area contributed by atoms with Crippen LogP contribution in [0, 0.1) is 17.8 Å². The predicted molar refractivity (Wildman–Crippen MR) is 83.1 cm³/mol. The maximum Gasteiger partial charge on any atom is 0.237 e. The van der Waals surface area contributed by atoms with Gasteiger partial charge in [0, 0.05) is 5.92 Å². The number of hydrogen-bond donors (Lipinski definition) is 1. The number of amides is 1. The van der Waals surface area contributed by atoms with Crippen LogP contribution in [0.4, 0.5) is 0 Å². The van der Waals surface area contributed by atoms with E-state index in [4.69, 9.17) is 0 Å². The third-order valence-electron chi connectivity index (χ3n) is 3.85. The number of hydrogen-bond acceptors (Lipinski definition) is 3. The van der Waals surface area contributed by atoms with Crippen molar-refractivity contribution in [3.63, 3.8) is 0 Å². The highest BCUT2D eigenvalue weighted by Gasteiger charge is 2.31. The monoisotopic (exact) mass is 309 g/mol. The molecule has 1 aromatic rings. The fourth-order valence-corrected chi connectivity index (χ4v) is 3.86. The Morgan fingerprint density at radius 1 is 1.24 bits per heavy atom. The van der Waals surface area contributed by atoms with Crippen LogP contribution in [0.3, 0.4) is 0 Å². The average Bonchev–Trinajstić information content (AvgIpc) is 3.19. The number of sulfonamides is 1. The summed E-state index contributed by atoms with van der Waals surface area (Å²) >= 11 is 0. The largest absolute Gasteiger partial charge is 0.274 e. The molecule has 1 N–H and O–H groups in total. The highest BCUT2D eigenvalue weighted by atomic mass is 32.2. The van der Waals surface area contributed by atoms with Crippen molar-refractivity contribution in [3.05, 3.63) is 35.9 Å². The summed E-state index contributed by atoms with van der Waals surface area (Å²) in [6, 6.07) is 9.69. The van der Waals surface area contributed by atoms with E-state index in [0.717, 1.165) is 18.4 Å². The molecule has 21 heavy (non-hydrogen) atoms. The van der Waals surface area contributed by atoms with Gasteiger partial charge in [0.2, 0.25) is 15.9 Å². The molecule has 1 aliphatic carbocycles. The topological polar surface area (TPSA) is 63.2 Å². The fourth-order valence-electron chi connectivity index (χ4n) is 2.36. The van der Waals surface area contributed by atoms with Gasteiger partial charge >= 0.3 is 0 Å². The second kappa shape index (κ2) is 6.60. The van der Waals surface area contributed by atoms with Crippen LogP contribution >= 0.6 is 0 Å². The minimum atomic E-state index is -3.49. The van der Waals surface area contributed by atoms with E-state index < -0.39 is 10.0 Å². The zero-order valence-corrected chi connectivity index (χ0v) is 13.4. The van der Waals surface area contributed by atoms with Gasteiger partial charge in [-0.1, -0.05) is 44.2 Å². The van der Waals surface area contributed by atoms with Crippen LogP contribution in [-0.4, -0.2) is 20.1 Å². The van der Waals surface area contributed by atoms with E-state index in [2.05, 4.69) is 4.72 Å². The fraction of sp³-hybridized carbons (Fsp3) is 0.562. The van der Waals surface area contributed by atoms with Gasteiger partial charge in [-0.3, -0.25) is 9.52 Å². The lowest BCUT2D eigenvalue weighted by Crippen LogP contribution is -2.40. The molecule has 0 heterocycles. The van der Waals surface area contributed by atoms with Crippen molar-refractivity contribution in [3.8, 4) is 0 Å². The van der Waals surface area contributed by atoms with E-state index in [1.807, 2.05) is 44.2 Å². The van der Waals surface area contributed by atoms with Gasteiger partial charge in [-0.05, 0) is 36.7 Å². The Labute approximate surface area is 127 Å². The normalized spacial score (nSPS) is 16.7. The first-order chi connectivity index (χ1) is 9.87.